The molecule has 0 radical (unpaired) electrons. The van der Waals surface area contributed by atoms with Crippen LogP contribution in [0.25, 0.3) is 0 Å². The van der Waals surface area contributed by atoms with Gasteiger partial charge in [0, 0.05) is 35.0 Å². The molecule has 1 N–H and O–H groups in total. The molecule has 2 amide bonds. The summed E-state index contributed by atoms with van der Waals surface area (Å²) in [7, 11) is 0. The average molecular weight is 491 g/mol. The molecular weight excluding hydrogens is 460 g/mol. The lowest BCUT2D eigenvalue weighted by molar-refractivity contribution is -0.140. The summed E-state index contributed by atoms with van der Waals surface area (Å²) >= 11 is 5.18. The summed E-state index contributed by atoms with van der Waals surface area (Å²) in [6, 6.07) is 17.7. The third-order valence-corrected chi connectivity index (χ3v) is 6.57. The third kappa shape index (κ3) is 8.15. The van der Waals surface area contributed by atoms with Crippen molar-refractivity contribution in [1.82, 2.24) is 10.2 Å². The van der Waals surface area contributed by atoms with Crippen LogP contribution in [-0.4, -0.2) is 34.6 Å². The van der Waals surface area contributed by atoms with Crippen molar-refractivity contribution in [3.05, 3.63) is 70.2 Å². The largest absolute Gasteiger partial charge is 0.352 e. The van der Waals surface area contributed by atoms with E-state index in [2.05, 4.69) is 33.4 Å². The van der Waals surface area contributed by atoms with Gasteiger partial charge in [0.15, 0.2) is 0 Å². The first-order chi connectivity index (χ1) is 14.4. The molecule has 2 rings (SSSR count). The van der Waals surface area contributed by atoms with Crippen LogP contribution < -0.4 is 5.32 Å². The second kappa shape index (κ2) is 12.8. The van der Waals surface area contributed by atoms with Crippen LogP contribution in [0.4, 0.5) is 0 Å². The molecule has 0 aliphatic carbocycles. The topological polar surface area (TPSA) is 49.4 Å². The van der Waals surface area contributed by atoms with Gasteiger partial charge in [-0.2, -0.15) is 11.8 Å². The highest BCUT2D eigenvalue weighted by molar-refractivity contribution is 9.10. The number of hydrogen-bond acceptors (Lipinski definition) is 3. The van der Waals surface area contributed by atoms with E-state index in [9.17, 15) is 9.59 Å². The average Bonchev–Trinajstić information content (AvgIpc) is 2.76. The Morgan fingerprint density at radius 1 is 1.03 bits per heavy atom. The van der Waals surface area contributed by atoms with Gasteiger partial charge in [-0.25, -0.2) is 0 Å². The maximum absolute atomic E-state index is 13.1. The Morgan fingerprint density at radius 3 is 2.33 bits per heavy atom. The van der Waals surface area contributed by atoms with Crippen LogP contribution in [0.2, 0.25) is 0 Å². The number of carbonyl (C=O) groups is 2. The minimum atomic E-state index is -0.519. The molecule has 2 aromatic rings. The molecule has 162 valence electrons. The van der Waals surface area contributed by atoms with E-state index in [1.807, 2.05) is 63.2 Å². The van der Waals surface area contributed by atoms with Crippen molar-refractivity contribution in [1.29, 1.82) is 0 Å². The fourth-order valence-electron chi connectivity index (χ4n) is 2.90. The lowest BCUT2D eigenvalue weighted by Crippen LogP contribution is -2.49. The molecular formula is C24H31BrN2O2S. The van der Waals surface area contributed by atoms with E-state index in [4.69, 9.17) is 0 Å². The van der Waals surface area contributed by atoms with Gasteiger partial charge in [-0.3, -0.25) is 9.59 Å². The Bertz CT molecular complexity index is 799. The van der Waals surface area contributed by atoms with E-state index in [-0.39, 0.29) is 17.9 Å². The highest BCUT2D eigenvalue weighted by Gasteiger charge is 2.26. The Morgan fingerprint density at radius 2 is 1.70 bits per heavy atom. The van der Waals surface area contributed by atoms with E-state index in [1.165, 1.54) is 5.56 Å². The quantitative estimate of drug-likeness (QED) is 0.428. The lowest BCUT2D eigenvalue weighted by Gasteiger charge is -2.29. The molecule has 4 nitrogen and oxygen atoms in total. The molecule has 2 atom stereocenters. The highest BCUT2D eigenvalue weighted by atomic mass is 79.9. The predicted molar refractivity (Wildman–Crippen MR) is 129 cm³/mol. The molecule has 30 heavy (non-hydrogen) atoms. The number of rotatable bonds is 11. The third-order valence-electron chi connectivity index (χ3n) is 5.01. The zero-order valence-corrected chi connectivity index (χ0v) is 20.3. The van der Waals surface area contributed by atoms with E-state index < -0.39 is 6.04 Å². The molecule has 0 bridgehead atoms. The number of hydrogen-bond donors (Lipinski definition) is 1. The second-order valence-electron chi connectivity index (χ2n) is 7.43. The van der Waals surface area contributed by atoms with Gasteiger partial charge >= 0.3 is 0 Å². The van der Waals surface area contributed by atoms with E-state index >= 15 is 0 Å². The van der Waals surface area contributed by atoms with Crippen LogP contribution in [0, 0.1) is 0 Å². The van der Waals surface area contributed by atoms with Gasteiger partial charge in [0.25, 0.3) is 0 Å². The monoisotopic (exact) mass is 490 g/mol. The molecule has 0 aromatic heterocycles. The standard InChI is InChI=1S/C24H31BrN2O2S/c1-4-18(2)26-24(29)19(3)27(16-20-10-12-22(25)13-11-20)23(28)14-15-30-17-21-8-6-5-7-9-21/h5-13,18-19H,4,14-17H2,1-3H3,(H,26,29)/t18-,19+/m1/s1. The number of benzene rings is 2. The van der Waals surface area contributed by atoms with Crippen molar-refractivity contribution in [3.63, 3.8) is 0 Å². The second-order valence-corrected chi connectivity index (χ2v) is 9.45. The Balaban J connectivity index is 2.00. The van der Waals surface area contributed by atoms with Crippen LogP contribution >= 0.6 is 27.7 Å². The smallest absolute Gasteiger partial charge is 0.242 e. The molecule has 0 aliphatic rings. The number of halogens is 1. The van der Waals surface area contributed by atoms with Crippen LogP contribution in [-0.2, 0) is 21.9 Å². The van der Waals surface area contributed by atoms with Gasteiger partial charge < -0.3 is 10.2 Å². The number of amides is 2. The van der Waals surface area contributed by atoms with Crippen molar-refractivity contribution >= 4 is 39.5 Å². The number of thioether (sulfide) groups is 1. The number of nitrogens with zero attached hydrogens (tertiary/aromatic N) is 1. The molecule has 0 fully saturated rings. The zero-order valence-electron chi connectivity index (χ0n) is 17.9. The van der Waals surface area contributed by atoms with Crippen molar-refractivity contribution in [2.75, 3.05) is 5.75 Å². The SMILES string of the molecule is CC[C@@H](C)NC(=O)[C@H](C)N(Cc1ccc(Br)cc1)C(=O)CCSCc1ccccc1. The Hall–Kier alpha value is -1.79. The maximum Gasteiger partial charge on any atom is 0.242 e. The molecule has 0 heterocycles. The van der Waals surface area contributed by atoms with Gasteiger partial charge in [0.05, 0.1) is 0 Å². The van der Waals surface area contributed by atoms with E-state index in [0.29, 0.717) is 13.0 Å². The molecule has 0 aliphatic heterocycles. The van der Waals surface area contributed by atoms with Crippen LogP contribution in [0.1, 0.15) is 44.7 Å². The lowest BCUT2D eigenvalue weighted by atomic mass is 10.1. The summed E-state index contributed by atoms with van der Waals surface area (Å²) in [5.74, 6) is 1.51. The molecule has 6 heteroatoms. The van der Waals surface area contributed by atoms with Crippen molar-refractivity contribution in [2.24, 2.45) is 0 Å². The predicted octanol–water partition coefficient (Wildman–Crippen LogP) is 5.40. The van der Waals surface area contributed by atoms with Gasteiger partial charge in [0.1, 0.15) is 6.04 Å². The summed E-state index contributed by atoms with van der Waals surface area (Å²) in [6.07, 6.45) is 1.27. The highest BCUT2D eigenvalue weighted by Crippen LogP contribution is 2.17. The summed E-state index contributed by atoms with van der Waals surface area (Å²) in [6.45, 7) is 6.24. The molecule has 0 saturated carbocycles. The summed E-state index contributed by atoms with van der Waals surface area (Å²) in [4.78, 5) is 27.4. The van der Waals surface area contributed by atoms with Crippen LogP contribution in [0.15, 0.2) is 59.1 Å². The van der Waals surface area contributed by atoms with Crippen molar-refractivity contribution in [3.8, 4) is 0 Å². The normalized spacial score (nSPS) is 12.8. The first kappa shape index (κ1) is 24.5. The van der Waals surface area contributed by atoms with Gasteiger partial charge in [0.2, 0.25) is 11.8 Å². The van der Waals surface area contributed by atoms with Gasteiger partial charge in [-0.15, -0.1) is 0 Å². The fraction of sp³-hybridized carbons (Fsp3) is 0.417. The van der Waals surface area contributed by atoms with E-state index in [1.54, 1.807) is 16.7 Å². The minimum Gasteiger partial charge on any atom is -0.352 e. The molecule has 0 unspecified atom stereocenters. The van der Waals surface area contributed by atoms with Gasteiger partial charge in [-0.05, 0) is 43.5 Å². The molecule has 0 spiro atoms. The summed E-state index contributed by atoms with van der Waals surface area (Å²) in [5, 5.41) is 3.00. The van der Waals surface area contributed by atoms with E-state index in [0.717, 1.165) is 28.0 Å². The molecule has 0 saturated heterocycles. The zero-order chi connectivity index (χ0) is 21.9. The first-order valence-corrected chi connectivity index (χ1v) is 12.3. The summed E-state index contributed by atoms with van der Waals surface area (Å²) < 4.78 is 0.990. The van der Waals surface area contributed by atoms with Crippen molar-refractivity contribution < 1.29 is 9.59 Å². The Kier molecular flexibility index (Phi) is 10.4. The Labute approximate surface area is 192 Å². The summed E-state index contributed by atoms with van der Waals surface area (Å²) in [5.41, 5.74) is 2.26. The number of nitrogens with one attached hydrogen (secondary N) is 1. The molecule has 2 aromatic carbocycles. The van der Waals surface area contributed by atoms with Gasteiger partial charge in [-0.1, -0.05) is 65.3 Å². The van der Waals surface area contributed by atoms with Crippen LogP contribution in [0.3, 0.4) is 0 Å². The minimum absolute atomic E-state index is 0.00489. The van der Waals surface area contributed by atoms with Crippen LogP contribution in [0.5, 0.6) is 0 Å². The fourth-order valence-corrected chi connectivity index (χ4v) is 4.06. The van der Waals surface area contributed by atoms with Crippen molar-refractivity contribution in [2.45, 2.75) is 58.0 Å². The number of carbonyl (C=O) groups excluding carboxylic acids is 2. The first-order valence-electron chi connectivity index (χ1n) is 10.4. The maximum atomic E-state index is 13.1.